The molecule has 2 aromatic rings. The summed E-state index contributed by atoms with van der Waals surface area (Å²) >= 11 is 1.45. The Bertz CT molecular complexity index is 684. The van der Waals surface area contributed by atoms with Crippen LogP contribution >= 0.6 is 11.3 Å². The van der Waals surface area contributed by atoms with Crippen LogP contribution in [-0.4, -0.2) is 65.1 Å². The third kappa shape index (κ3) is 2.62. The van der Waals surface area contributed by atoms with Gasteiger partial charge in [-0.05, 0) is 11.4 Å². The minimum Gasteiger partial charge on any atom is -0.314 e. The number of rotatable bonds is 3. The summed E-state index contributed by atoms with van der Waals surface area (Å²) in [6, 6.07) is 2.59. The van der Waals surface area contributed by atoms with Crippen molar-refractivity contribution in [2.45, 2.75) is 12.6 Å². The van der Waals surface area contributed by atoms with Gasteiger partial charge in [-0.25, -0.2) is 4.98 Å². The molecule has 0 amide bonds. The van der Waals surface area contributed by atoms with E-state index in [0.717, 1.165) is 61.9 Å². The van der Waals surface area contributed by atoms with E-state index < -0.39 is 0 Å². The molecule has 2 fully saturated rings. The van der Waals surface area contributed by atoms with Crippen LogP contribution in [0.25, 0.3) is 10.2 Å². The van der Waals surface area contributed by atoms with Gasteiger partial charge in [-0.3, -0.25) is 14.6 Å². The number of aromatic nitrogens is 2. The molecule has 2 aliphatic rings. The minimum atomic E-state index is -0.0100. The van der Waals surface area contributed by atoms with Crippen LogP contribution in [0.2, 0.25) is 0 Å². The number of likely N-dealkylation sites (tertiary alicyclic amines) is 1. The Hall–Kier alpha value is -1.28. The molecule has 0 aliphatic carbocycles. The number of hydrogen-bond donors (Lipinski definition) is 2. The number of H-pyrrole nitrogens is 1. The van der Waals surface area contributed by atoms with E-state index in [0.29, 0.717) is 6.04 Å². The van der Waals surface area contributed by atoms with Gasteiger partial charge in [-0.15, -0.1) is 11.3 Å². The van der Waals surface area contributed by atoms with Crippen molar-refractivity contribution in [1.82, 2.24) is 25.1 Å². The van der Waals surface area contributed by atoms with Gasteiger partial charge in [-0.1, -0.05) is 0 Å². The lowest BCUT2D eigenvalue weighted by molar-refractivity contribution is 0.0208. The van der Waals surface area contributed by atoms with Crippen LogP contribution < -0.4 is 10.9 Å². The van der Waals surface area contributed by atoms with Gasteiger partial charge in [0.05, 0.1) is 12.1 Å². The zero-order chi connectivity index (χ0) is 14.2. The van der Waals surface area contributed by atoms with E-state index in [-0.39, 0.29) is 5.56 Å². The molecular formula is C14H19N5OS. The highest BCUT2D eigenvalue weighted by atomic mass is 32.1. The smallest absolute Gasteiger partial charge is 0.268 e. The standard InChI is InChI=1S/C14H19N5OS/c20-14-13-11(1-6-21-13)16-12(17-14)9-18-7-10(8-18)19-4-2-15-3-5-19/h1,6,10,15H,2-5,7-9H2,(H,16,17,20). The maximum atomic E-state index is 11.9. The highest BCUT2D eigenvalue weighted by Gasteiger charge is 2.32. The molecule has 0 atom stereocenters. The average Bonchev–Trinajstić information content (AvgIpc) is 2.92. The van der Waals surface area contributed by atoms with Crippen LogP contribution in [0.1, 0.15) is 5.82 Å². The summed E-state index contributed by atoms with van der Waals surface area (Å²) in [5, 5.41) is 5.30. The Morgan fingerprint density at radius 3 is 2.95 bits per heavy atom. The molecule has 0 aromatic carbocycles. The Balaban J connectivity index is 1.39. The van der Waals surface area contributed by atoms with Crippen LogP contribution in [0.15, 0.2) is 16.2 Å². The van der Waals surface area contributed by atoms with Crippen molar-refractivity contribution in [2.24, 2.45) is 0 Å². The number of nitrogens with zero attached hydrogens (tertiary/aromatic N) is 3. The molecule has 2 saturated heterocycles. The molecule has 0 bridgehead atoms. The van der Waals surface area contributed by atoms with Crippen LogP contribution in [0.5, 0.6) is 0 Å². The summed E-state index contributed by atoms with van der Waals surface area (Å²) in [6.45, 7) is 7.38. The normalized spacial score (nSPS) is 21.7. The fourth-order valence-electron chi connectivity index (χ4n) is 3.16. The topological polar surface area (TPSA) is 64.3 Å². The van der Waals surface area contributed by atoms with E-state index in [1.165, 1.54) is 11.3 Å². The molecule has 112 valence electrons. The lowest BCUT2D eigenvalue weighted by atomic mass is 10.1. The van der Waals surface area contributed by atoms with E-state index in [1.54, 1.807) is 0 Å². The number of fused-ring (bicyclic) bond motifs is 1. The van der Waals surface area contributed by atoms with Crippen LogP contribution in [0, 0.1) is 0 Å². The largest absolute Gasteiger partial charge is 0.314 e. The van der Waals surface area contributed by atoms with Crippen molar-refractivity contribution < 1.29 is 0 Å². The second-order valence-electron chi connectivity index (χ2n) is 5.78. The summed E-state index contributed by atoms with van der Waals surface area (Å²) < 4.78 is 0.723. The Kier molecular flexibility index (Phi) is 3.50. The maximum absolute atomic E-state index is 11.9. The van der Waals surface area contributed by atoms with E-state index >= 15 is 0 Å². The van der Waals surface area contributed by atoms with Crippen LogP contribution in [0.3, 0.4) is 0 Å². The predicted molar refractivity (Wildman–Crippen MR) is 83.7 cm³/mol. The fourth-order valence-corrected chi connectivity index (χ4v) is 3.88. The molecule has 6 nitrogen and oxygen atoms in total. The Morgan fingerprint density at radius 2 is 2.14 bits per heavy atom. The quantitative estimate of drug-likeness (QED) is 0.840. The van der Waals surface area contributed by atoms with Gasteiger partial charge in [0.25, 0.3) is 5.56 Å². The van der Waals surface area contributed by atoms with E-state index in [1.807, 2.05) is 11.4 Å². The molecule has 0 radical (unpaired) electrons. The average molecular weight is 305 g/mol. The van der Waals surface area contributed by atoms with Gasteiger partial charge in [-0.2, -0.15) is 0 Å². The lowest BCUT2D eigenvalue weighted by Gasteiger charge is -2.46. The summed E-state index contributed by atoms with van der Waals surface area (Å²) in [6.07, 6.45) is 0. The molecule has 0 spiro atoms. The number of nitrogens with one attached hydrogen (secondary N) is 2. The Labute approximate surface area is 126 Å². The second-order valence-corrected chi connectivity index (χ2v) is 6.70. The SMILES string of the molecule is O=c1[nH]c(CN2CC(N3CCNCC3)C2)nc2ccsc12. The number of aromatic amines is 1. The van der Waals surface area contributed by atoms with E-state index in [2.05, 4.69) is 25.1 Å². The molecule has 0 unspecified atom stereocenters. The number of piperazine rings is 1. The van der Waals surface area contributed by atoms with Gasteiger partial charge in [0.15, 0.2) is 0 Å². The highest BCUT2D eigenvalue weighted by molar-refractivity contribution is 7.17. The van der Waals surface area contributed by atoms with Crippen LogP contribution in [0.4, 0.5) is 0 Å². The molecular weight excluding hydrogens is 286 g/mol. The molecule has 2 aliphatic heterocycles. The summed E-state index contributed by atoms with van der Waals surface area (Å²) in [5.41, 5.74) is 0.808. The molecule has 2 aromatic heterocycles. The highest BCUT2D eigenvalue weighted by Crippen LogP contribution is 2.18. The van der Waals surface area contributed by atoms with Gasteiger partial charge in [0.2, 0.25) is 0 Å². The number of thiophene rings is 1. The van der Waals surface area contributed by atoms with Crippen molar-refractivity contribution in [3.63, 3.8) is 0 Å². The van der Waals surface area contributed by atoms with Crippen LogP contribution in [-0.2, 0) is 6.54 Å². The van der Waals surface area contributed by atoms with Gasteiger partial charge in [0.1, 0.15) is 10.5 Å². The fraction of sp³-hybridized carbons (Fsp3) is 0.571. The first-order valence-corrected chi connectivity index (χ1v) is 8.31. The molecule has 21 heavy (non-hydrogen) atoms. The predicted octanol–water partition coefficient (Wildman–Crippen LogP) is 0.0740. The summed E-state index contributed by atoms with van der Waals surface area (Å²) in [5.74, 6) is 0.782. The van der Waals surface area contributed by atoms with Gasteiger partial charge < -0.3 is 10.3 Å². The zero-order valence-corrected chi connectivity index (χ0v) is 12.7. The van der Waals surface area contributed by atoms with E-state index in [4.69, 9.17) is 0 Å². The van der Waals surface area contributed by atoms with Crippen molar-refractivity contribution in [3.8, 4) is 0 Å². The monoisotopic (exact) mass is 305 g/mol. The van der Waals surface area contributed by atoms with Gasteiger partial charge in [0, 0.05) is 45.3 Å². The zero-order valence-electron chi connectivity index (χ0n) is 11.8. The summed E-state index contributed by atoms with van der Waals surface area (Å²) in [4.78, 5) is 24.3. The second kappa shape index (κ2) is 5.49. The first-order valence-electron chi connectivity index (χ1n) is 7.43. The maximum Gasteiger partial charge on any atom is 0.268 e. The molecule has 0 saturated carbocycles. The molecule has 4 heterocycles. The van der Waals surface area contributed by atoms with Crippen molar-refractivity contribution in [3.05, 3.63) is 27.6 Å². The molecule has 4 rings (SSSR count). The minimum absolute atomic E-state index is 0.0100. The van der Waals surface area contributed by atoms with Crippen molar-refractivity contribution in [2.75, 3.05) is 39.3 Å². The van der Waals surface area contributed by atoms with Crippen molar-refractivity contribution in [1.29, 1.82) is 0 Å². The molecule has 7 heteroatoms. The first kappa shape index (κ1) is 13.4. The first-order chi connectivity index (χ1) is 10.3. The van der Waals surface area contributed by atoms with Gasteiger partial charge >= 0.3 is 0 Å². The lowest BCUT2D eigenvalue weighted by Crippen LogP contribution is -2.62. The number of hydrogen-bond acceptors (Lipinski definition) is 6. The van der Waals surface area contributed by atoms with Crippen molar-refractivity contribution >= 4 is 21.6 Å². The Morgan fingerprint density at radius 1 is 1.33 bits per heavy atom. The van der Waals surface area contributed by atoms with E-state index in [9.17, 15) is 4.79 Å². The third-order valence-corrected chi connectivity index (χ3v) is 5.25. The third-order valence-electron chi connectivity index (χ3n) is 4.34. The summed E-state index contributed by atoms with van der Waals surface area (Å²) in [7, 11) is 0. The molecule has 2 N–H and O–H groups in total.